The summed E-state index contributed by atoms with van der Waals surface area (Å²) in [6.07, 6.45) is 0.248. The molecule has 0 saturated heterocycles. The molecule has 3 rings (SSSR count). The van der Waals surface area contributed by atoms with Crippen LogP contribution in [0.15, 0.2) is 24.3 Å². The molecule has 1 aliphatic heterocycles. The predicted octanol–water partition coefficient (Wildman–Crippen LogP) is 6.55. The Hall–Kier alpha value is -1.06. The molecule has 0 unspecified atom stereocenters. The highest BCUT2D eigenvalue weighted by Crippen LogP contribution is 2.45. The van der Waals surface area contributed by atoms with E-state index in [2.05, 4.69) is 27.9 Å². The normalized spacial score (nSPS) is 14.3. The van der Waals surface area contributed by atoms with Crippen LogP contribution in [0.3, 0.4) is 0 Å². The number of amides is 3. The standard InChI is InChI=1S/C20H15Cl4IN2O3/c1-8(2)7-11(18(28)26-10-5-3-9(25)4-6-10)27-19(29)12-13(20(27)30)15(22)17(24)16(23)14(12)21/h3-6,8,11H,7H2,1-2H3,(H,26,28)/t11-/m0/s1. The summed E-state index contributed by atoms with van der Waals surface area (Å²) in [5.74, 6) is -1.95. The Labute approximate surface area is 207 Å². The van der Waals surface area contributed by atoms with E-state index in [-0.39, 0.29) is 43.6 Å². The van der Waals surface area contributed by atoms with Gasteiger partial charge in [0.05, 0.1) is 31.2 Å². The average molecular weight is 600 g/mol. The second-order valence-corrected chi connectivity index (χ2v) is 9.89. The molecule has 10 heteroatoms. The number of nitrogens with one attached hydrogen (secondary N) is 1. The molecule has 1 N–H and O–H groups in total. The number of halogens is 5. The number of carbonyl (C=O) groups excluding carboxylic acids is 3. The minimum Gasteiger partial charge on any atom is -0.324 e. The van der Waals surface area contributed by atoms with Gasteiger partial charge in [0.2, 0.25) is 5.91 Å². The first-order valence-electron chi connectivity index (χ1n) is 8.84. The molecule has 0 radical (unpaired) electrons. The molecule has 1 atom stereocenters. The molecule has 30 heavy (non-hydrogen) atoms. The van der Waals surface area contributed by atoms with Gasteiger partial charge in [-0.3, -0.25) is 19.3 Å². The molecule has 158 valence electrons. The zero-order valence-electron chi connectivity index (χ0n) is 15.7. The van der Waals surface area contributed by atoms with Crippen LogP contribution in [0.25, 0.3) is 0 Å². The van der Waals surface area contributed by atoms with Crippen molar-refractivity contribution in [3.8, 4) is 0 Å². The molecular weight excluding hydrogens is 585 g/mol. The molecule has 0 aromatic heterocycles. The van der Waals surface area contributed by atoms with Gasteiger partial charge in [0.15, 0.2) is 0 Å². The smallest absolute Gasteiger partial charge is 0.263 e. The third kappa shape index (κ3) is 4.30. The lowest BCUT2D eigenvalue weighted by molar-refractivity contribution is -0.120. The quantitative estimate of drug-likeness (QED) is 0.183. The van der Waals surface area contributed by atoms with Gasteiger partial charge in [-0.2, -0.15) is 0 Å². The highest BCUT2D eigenvalue weighted by molar-refractivity contribution is 14.1. The maximum absolute atomic E-state index is 13.1. The van der Waals surface area contributed by atoms with E-state index in [0.717, 1.165) is 8.47 Å². The summed E-state index contributed by atoms with van der Waals surface area (Å²) in [4.78, 5) is 40.3. The summed E-state index contributed by atoms with van der Waals surface area (Å²) in [5, 5.41) is 2.20. The van der Waals surface area contributed by atoms with Crippen molar-refractivity contribution in [2.24, 2.45) is 5.92 Å². The first-order chi connectivity index (χ1) is 14.0. The molecule has 0 saturated carbocycles. The minimum absolute atomic E-state index is 0.0138. The number of carbonyl (C=O) groups is 3. The van der Waals surface area contributed by atoms with Crippen molar-refractivity contribution in [1.29, 1.82) is 0 Å². The van der Waals surface area contributed by atoms with Crippen LogP contribution < -0.4 is 5.32 Å². The van der Waals surface area contributed by atoms with Crippen molar-refractivity contribution >= 4 is 92.4 Å². The van der Waals surface area contributed by atoms with Crippen molar-refractivity contribution in [3.63, 3.8) is 0 Å². The van der Waals surface area contributed by atoms with Crippen molar-refractivity contribution in [2.75, 3.05) is 5.32 Å². The largest absolute Gasteiger partial charge is 0.324 e. The van der Waals surface area contributed by atoms with Gasteiger partial charge >= 0.3 is 0 Å². The van der Waals surface area contributed by atoms with Gasteiger partial charge in [-0.1, -0.05) is 60.3 Å². The number of hydrogen-bond acceptors (Lipinski definition) is 3. The topological polar surface area (TPSA) is 66.5 Å². The lowest BCUT2D eigenvalue weighted by atomic mass is 10.0. The van der Waals surface area contributed by atoms with Gasteiger partial charge in [-0.25, -0.2) is 0 Å². The summed E-state index contributed by atoms with van der Waals surface area (Å²) in [7, 11) is 0. The zero-order chi connectivity index (χ0) is 22.3. The number of fused-ring (bicyclic) bond motifs is 1. The van der Waals surface area contributed by atoms with Crippen LogP contribution >= 0.6 is 69.0 Å². The fraction of sp³-hybridized carbons (Fsp3) is 0.250. The number of hydrogen-bond donors (Lipinski definition) is 1. The SMILES string of the molecule is CC(C)C[C@@H](C(=O)Nc1ccc(I)cc1)N1C(=O)c2c(Cl)c(Cl)c(Cl)c(Cl)c2C1=O. The molecule has 0 bridgehead atoms. The van der Waals surface area contributed by atoms with E-state index in [1.807, 2.05) is 26.0 Å². The lowest BCUT2D eigenvalue weighted by Crippen LogP contribution is -2.48. The minimum atomic E-state index is -1.07. The van der Waals surface area contributed by atoms with Crippen LogP contribution in [0, 0.1) is 9.49 Å². The van der Waals surface area contributed by atoms with Crippen molar-refractivity contribution in [2.45, 2.75) is 26.3 Å². The Morgan fingerprint density at radius 1 is 0.933 bits per heavy atom. The first kappa shape index (κ1) is 23.6. The van der Waals surface area contributed by atoms with Crippen molar-refractivity contribution in [3.05, 3.63) is 59.1 Å². The fourth-order valence-corrected chi connectivity index (χ4v) is 4.56. The van der Waals surface area contributed by atoms with Crippen LogP contribution in [-0.4, -0.2) is 28.7 Å². The molecule has 1 heterocycles. The van der Waals surface area contributed by atoms with E-state index in [9.17, 15) is 14.4 Å². The Bertz CT molecular complexity index is 1010. The maximum atomic E-state index is 13.1. The fourth-order valence-electron chi connectivity index (χ4n) is 3.18. The van der Waals surface area contributed by atoms with E-state index in [1.54, 1.807) is 12.1 Å². The van der Waals surface area contributed by atoms with E-state index < -0.39 is 23.8 Å². The molecular formula is C20H15Cl4IN2O3. The van der Waals surface area contributed by atoms with E-state index in [4.69, 9.17) is 46.4 Å². The Morgan fingerprint density at radius 3 is 1.83 bits per heavy atom. The van der Waals surface area contributed by atoms with Crippen LogP contribution in [0.4, 0.5) is 5.69 Å². The average Bonchev–Trinajstić information content (AvgIpc) is 2.95. The monoisotopic (exact) mass is 598 g/mol. The Kier molecular flexibility index (Phi) is 7.24. The zero-order valence-corrected chi connectivity index (χ0v) is 20.9. The predicted molar refractivity (Wildman–Crippen MR) is 128 cm³/mol. The van der Waals surface area contributed by atoms with Crippen LogP contribution in [0.1, 0.15) is 41.0 Å². The van der Waals surface area contributed by atoms with Gasteiger partial charge in [-0.05, 0) is 59.2 Å². The summed E-state index contributed by atoms with van der Waals surface area (Å²) in [5.41, 5.74) is 0.265. The molecule has 2 aromatic carbocycles. The van der Waals surface area contributed by atoms with E-state index >= 15 is 0 Å². The maximum Gasteiger partial charge on any atom is 0.263 e. The van der Waals surface area contributed by atoms with Crippen LogP contribution in [0.2, 0.25) is 20.1 Å². The van der Waals surface area contributed by atoms with E-state index in [0.29, 0.717) is 5.69 Å². The molecule has 0 aliphatic carbocycles. The van der Waals surface area contributed by atoms with Gasteiger partial charge in [-0.15, -0.1) is 0 Å². The van der Waals surface area contributed by atoms with Gasteiger partial charge in [0.25, 0.3) is 11.8 Å². The second kappa shape index (κ2) is 9.20. The molecule has 0 spiro atoms. The molecule has 1 aliphatic rings. The number of anilines is 1. The van der Waals surface area contributed by atoms with Crippen molar-refractivity contribution < 1.29 is 14.4 Å². The highest BCUT2D eigenvalue weighted by atomic mass is 127. The molecule has 2 aromatic rings. The summed E-state index contributed by atoms with van der Waals surface area (Å²) in [6, 6.07) is 6.07. The molecule has 3 amide bonds. The number of rotatable bonds is 5. The van der Waals surface area contributed by atoms with Gasteiger partial charge in [0, 0.05) is 9.26 Å². The lowest BCUT2D eigenvalue weighted by Gasteiger charge is -2.26. The third-order valence-corrected chi connectivity index (χ3v) is 7.07. The van der Waals surface area contributed by atoms with Crippen molar-refractivity contribution in [1.82, 2.24) is 4.90 Å². The van der Waals surface area contributed by atoms with Crippen LogP contribution in [0.5, 0.6) is 0 Å². The van der Waals surface area contributed by atoms with Gasteiger partial charge in [0.1, 0.15) is 6.04 Å². The highest BCUT2D eigenvalue weighted by Gasteiger charge is 2.46. The van der Waals surface area contributed by atoms with Crippen LogP contribution in [-0.2, 0) is 4.79 Å². The molecule has 5 nitrogen and oxygen atoms in total. The van der Waals surface area contributed by atoms with Gasteiger partial charge < -0.3 is 5.32 Å². The second-order valence-electron chi connectivity index (χ2n) is 7.13. The van der Waals surface area contributed by atoms with E-state index in [1.165, 1.54) is 0 Å². The summed E-state index contributed by atoms with van der Waals surface area (Å²) < 4.78 is 1.00. The Balaban J connectivity index is 2.02. The number of imide groups is 1. The number of nitrogens with zero attached hydrogens (tertiary/aromatic N) is 1. The first-order valence-corrected chi connectivity index (χ1v) is 11.4. The molecule has 0 fully saturated rings. The number of benzene rings is 2. The third-order valence-electron chi connectivity index (χ3n) is 4.55. The Morgan fingerprint density at radius 2 is 1.40 bits per heavy atom. The summed E-state index contributed by atoms with van der Waals surface area (Å²) in [6.45, 7) is 3.77. The summed E-state index contributed by atoms with van der Waals surface area (Å²) >= 11 is 26.7.